The van der Waals surface area contributed by atoms with Gasteiger partial charge in [0.1, 0.15) is 46.0 Å². The van der Waals surface area contributed by atoms with Crippen LogP contribution >= 0.6 is 0 Å². The zero-order valence-corrected chi connectivity index (χ0v) is 83.0. The van der Waals surface area contributed by atoms with Crippen LogP contribution in [0.15, 0.2) is 281 Å². The number of benzene rings is 8. The molecule has 0 fully saturated rings. The summed E-state index contributed by atoms with van der Waals surface area (Å²) in [7, 11) is 20.5. The molecule has 0 aliphatic carbocycles. The summed E-state index contributed by atoms with van der Waals surface area (Å²) in [6.07, 6.45) is 32.2. The van der Waals surface area contributed by atoms with E-state index < -0.39 is 16.2 Å². The normalized spacial score (nSPS) is 11.1. The molecule has 0 radical (unpaired) electrons. The van der Waals surface area contributed by atoms with Crippen LogP contribution in [0.2, 0.25) is 0 Å². The van der Waals surface area contributed by atoms with Gasteiger partial charge in [0.25, 0.3) is 0 Å². The molecule has 0 aliphatic heterocycles. The second-order valence-electron chi connectivity index (χ2n) is 32.7. The van der Waals surface area contributed by atoms with Gasteiger partial charge in [-0.3, -0.25) is 43.6 Å². The molecule has 39 nitrogen and oxygen atoms in total. The summed E-state index contributed by atoms with van der Waals surface area (Å²) < 4.78 is 84.6. The molecule has 0 atom stereocenters. The third-order valence-corrected chi connectivity index (χ3v) is 24.7. The number of ether oxygens (including phenoxy) is 9. The lowest BCUT2D eigenvalue weighted by Gasteiger charge is -2.28. The minimum absolute atomic E-state index is 0.133. The number of nitrogens with one attached hydrogen (secondary N) is 1. The molecule has 12 aromatic heterocycles. The summed E-state index contributed by atoms with van der Waals surface area (Å²) in [6, 6.07) is 54.5. The smallest absolute Gasteiger partial charge is 0.356 e. The highest BCUT2D eigenvalue weighted by atomic mass is 32.2. The summed E-state index contributed by atoms with van der Waals surface area (Å²) in [5, 5.41) is 16.9. The highest BCUT2D eigenvalue weighted by Gasteiger charge is 2.30. The van der Waals surface area contributed by atoms with Crippen molar-refractivity contribution in [2.75, 3.05) is 110 Å². The Bertz CT molecular complexity index is 8210. The number of hydrogen-bond acceptors (Lipinski definition) is 32. The molecule has 0 amide bonds. The molecular weight excluding hydrogens is 1880 g/mol. The molecule has 0 spiro atoms. The van der Waals surface area contributed by atoms with Gasteiger partial charge in [0.15, 0.2) is 11.5 Å². The molecule has 20 rings (SSSR count). The van der Waals surface area contributed by atoms with E-state index in [9.17, 15) is 13.2 Å². The van der Waals surface area contributed by atoms with Gasteiger partial charge in [-0.1, -0.05) is 12.0 Å². The fourth-order valence-electron chi connectivity index (χ4n) is 15.5. The van der Waals surface area contributed by atoms with Gasteiger partial charge in [0, 0.05) is 233 Å². The quantitative estimate of drug-likeness (QED) is 0.0336. The van der Waals surface area contributed by atoms with Crippen molar-refractivity contribution in [3.63, 3.8) is 0 Å². The number of rotatable bonds is 29. The molecule has 0 aliphatic rings. The number of aromatic amines is 1. The zero-order chi connectivity index (χ0) is 102. The van der Waals surface area contributed by atoms with Gasteiger partial charge in [0.05, 0.1) is 216 Å². The number of esters is 1. The Labute approximate surface area is 839 Å². The Morgan fingerprint density at radius 3 is 1.14 bits per heavy atom. The fourth-order valence-corrected chi connectivity index (χ4v) is 16.6. The van der Waals surface area contributed by atoms with Gasteiger partial charge in [-0.05, 0) is 115 Å². The average Bonchev–Trinajstić information content (AvgIpc) is 1.14. The van der Waals surface area contributed by atoms with E-state index in [4.69, 9.17) is 57.6 Å². The first kappa shape index (κ1) is 98.7. The monoisotopic (exact) mass is 1970 g/mol. The average molecular weight is 1980 g/mol. The van der Waals surface area contributed by atoms with Crippen LogP contribution in [0.25, 0.3) is 106 Å². The molecular formula is C106H99N27O12S. The Morgan fingerprint density at radius 2 is 0.747 bits per heavy atom. The van der Waals surface area contributed by atoms with E-state index in [1.165, 1.54) is 52.0 Å². The van der Waals surface area contributed by atoms with Crippen molar-refractivity contribution in [2.45, 2.75) is 6.54 Å². The van der Waals surface area contributed by atoms with E-state index in [-0.39, 0.29) is 18.1 Å². The maximum Gasteiger partial charge on any atom is 0.356 e. The number of anilines is 8. The van der Waals surface area contributed by atoms with Crippen molar-refractivity contribution in [3.8, 4) is 103 Å². The molecule has 736 valence electrons. The number of aromatic nitrogens is 22. The first-order chi connectivity index (χ1) is 70.9. The molecule has 20 aromatic rings. The second-order valence-corrected chi connectivity index (χ2v) is 34.7. The van der Waals surface area contributed by atoms with Crippen LogP contribution in [0.5, 0.6) is 46.0 Å². The number of hydrogen-bond donors (Lipinski definition) is 1. The summed E-state index contributed by atoms with van der Waals surface area (Å²) >= 11 is 0. The van der Waals surface area contributed by atoms with Crippen molar-refractivity contribution < 1.29 is 55.8 Å². The van der Waals surface area contributed by atoms with Gasteiger partial charge in [-0.15, -0.1) is 0 Å². The Morgan fingerprint density at radius 1 is 0.370 bits per heavy atom. The zero-order valence-electron chi connectivity index (χ0n) is 82.2. The summed E-state index contributed by atoms with van der Waals surface area (Å²) in [4.78, 5) is 80.6. The largest absolute Gasteiger partial charge is 0.497 e. The third-order valence-electron chi connectivity index (χ3n) is 22.9. The number of fused-ring (bicyclic) bond motifs is 5. The predicted molar refractivity (Wildman–Crippen MR) is 557 cm³/mol. The number of pyridine rings is 1. The minimum Gasteiger partial charge on any atom is -0.497 e. The number of aryl methyl sites for hydroxylation is 4. The van der Waals surface area contributed by atoms with E-state index in [2.05, 4.69) is 109 Å². The van der Waals surface area contributed by atoms with E-state index in [0.717, 1.165) is 122 Å². The lowest BCUT2D eigenvalue weighted by Crippen LogP contribution is -2.37. The molecule has 0 saturated heterocycles. The van der Waals surface area contributed by atoms with Crippen LogP contribution in [-0.2, 0) is 49.7 Å². The van der Waals surface area contributed by atoms with Crippen molar-refractivity contribution in [1.82, 2.24) is 113 Å². The van der Waals surface area contributed by atoms with E-state index in [0.29, 0.717) is 98.5 Å². The van der Waals surface area contributed by atoms with Gasteiger partial charge in [-0.25, -0.2) is 49.0 Å². The number of H-pyrrole nitrogens is 1. The first-order valence-corrected chi connectivity index (χ1v) is 46.6. The standard InChI is InChI=1S/C29H25N7O4.C28H25N7O2.C27H25N7O2.C22H24N6O4S/c1-35-18-19(16-32-35)27-17-31-24-8-7-20(14-26(24)33-27)36(21-12-22(38-2)15-23(13-21)39-3)11-5-6-28-30-10-9-25(34-28)29(37)40-4;1-34-16-18(14-31-34)28-15-30-24-7-6-20(12-27(24)33-28)35(21-10-22(36-2)13-23(11-21)37-3)17-19-9-26-25(32-19)5-4-8-29-26;1-33-18-19(16-31-33)26-17-30-24-8-7-20(14-25(24)32-26)34(11-4-6-27-28-9-5-10-29-27)21-12-22(35-2)15-23(13-21)36-3;1-26(2)33(29,30)28(17-8-18(31-4)11-19(9-17)32-5)16-6-7-20-21(10-16)25-22(13-23-20)15-12-24-27(3)14-15/h7-10,12-18H,11H2,1-4H3;4-16,32H,17H2,1-3H3;4-10,12-18H,11H2,1-3H3;6-14H,1-5H3/b;;6-4-;. The SMILES string of the molecule is COC(=O)c1ccnc(C#CCN(c2cc(OC)cc(OC)c2)c2ccc3ncc(-c4cnn(C)c4)nc3c2)n1.COc1cc(OC)cc(N(C/C=C\c2ncccn2)c2ccc3ncc(-c4cnn(C)c4)nc3c2)c1.COc1cc(OC)cc(N(Cc2cc3ncccc3[nH]2)c2ccc3ncc(-c4cnn(C)c4)nc3c2)c1.COc1cc(OC)cc(N(c2ccc3ncc(-c4cnn(C)c4)nc3c2)S(=O)(=O)N(C)C)c1. The Hall–Kier alpha value is -18.9. The van der Waals surface area contributed by atoms with Gasteiger partial charge < -0.3 is 62.3 Å². The number of nitrogens with zero attached hydrogens (tertiary/aromatic N) is 26. The molecule has 0 unspecified atom stereocenters. The van der Waals surface area contributed by atoms with Crippen LogP contribution in [0.3, 0.4) is 0 Å². The number of carbonyl (C=O) groups is 1. The fraction of sp³-hybridized carbons (Fsp3) is 0.170. The second kappa shape index (κ2) is 44.7. The van der Waals surface area contributed by atoms with Crippen molar-refractivity contribution in [2.24, 2.45) is 28.2 Å². The molecule has 1 N–H and O–H groups in total. The number of methoxy groups -OCH3 is 9. The Kier molecular flexibility index (Phi) is 30.2. The van der Waals surface area contributed by atoms with Gasteiger partial charge >= 0.3 is 16.2 Å². The van der Waals surface area contributed by atoms with Gasteiger partial charge in [-0.2, -0.15) is 33.1 Å². The van der Waals surface area contributed by atoms with Crippen LogP contribution in [0.4, 0.5) is 45.5 Å². The molecule has 8 aromatic carbocycles. The Balaban J connectivity index is 0.000000133. The predicted octanol–water partition coefficient (Wildman–Crippen LogP) is 16.8. The molecule has 0 saturated carbocycles. The summed E-state index contributed by atoms with van der Waals surface area (Å²) in [5.74, 6) is 11.3. The molecule has 40 heteroatoms. The summed E-state index contributed by atoms with van der Waals surface area (Å²) in [5.41, 5.74) is 21.4. The van der Waals surface area contributed by atoms with Crippen LogP contribution in [0.1, 0.15) is 27.8 Å². The lowest BCUT2D eigenvalue weighted by atomic mass is 10.1. The molecule has 0 bridgehead atoms. The summed E-state index contributed by atoms with van der Waals surface area (Å²) in [6.45, 7) is 1.37. The highest BCUT2D eigenvalue weighted by molar-refractivity contribution is 7.90. The third kappa shape index (κ3) is 23.2. The lowest BCUT2D eigenvalue weighted by molar-refractivity contribution is 0.0593. The van der Waals surface area contributed by atoms with E-state index in [1.807, 2.05) is 179 Å². The van der Waals surface area contributed by atoms with Gasteiger partial charge in [0.2, 0.25) is 5.82 Å². The van der Waals surface area contributed by atoms with Crippen LogP contribution in [-0.4, -0.2) is 219 Å². The first-order valence-electron chi connectivity index (χ1n) is 45.2. The van der Waals surface area contributed by atoms with E-state index in [1.54, 1.807) is 178 Å². The van der Waals surface area contributed by atoms with E-state index >= 15 is 0 Å². The van der Waals surface area contributed by atoms with Crippen molar-refractivity contribution in [1.29, 1.82) is 0 Å². The maximum atomic E-state index is 13.4. The maximum absolute atomic E-state index is 13.4. The number of carbonyl (C=O) groups excluding carboxylic acids is 1. The molecule has 12 heterocycles. The topological polar surface area (TPSA) is 405 Å². The molecule has 146 heavy (non-hydrogen) atoms. The highest BCUT2D eigenvalue weighted by Crippen LogP contribution is 2.42. The van der Waals surface area contributed by atoms with Crippen LogP contribution in [0, 0.1) is 11.8 Å². The van der Waals surface area contributed by atoms with Crippen LogP contribution < -0.4 is 56.9 Å². The van der Waals surface area contributed by atoms with Crippen molar-refractivity contribution >= 4 is 123 Å². The van der Waals surface area contributed by atoms with Crippen molar-refractivity contribution in [3.05, 3.63) is 304 Å². The minimum atomic E-state index is -3.93.